The number of ether oxygens (including phenoxy) is 2. The van der Waals surface area contributed by atoms with Gasteiger partial charge in [-0.05, 0) is 64.4 Å². The summed E-state index contributed by atoms with van der Waals surface area (Å²) in [6, 6.07) is 6.55. The van der Waals surface area contributed by atoms with Crippen LogP contribution in [-0.2, 0) is 9.53 Å². The maximum Gasteiger partial charge on any atom is 0.347 e. The Bertz CT molecular complexity index is 869. The van der Waals surface area contributed by atoms with Crippen molar-refractivity contribution in [2.24, 2.45) is 0 Å². The third-order valence-electron chi connectivity index (χ3n) is 4.16. The molecule has 0 aliphatic carbocycles. The molecule has 7 heteroatoms. The third kappa shape index (κ3) is 4.77. The van der Waals surface area contributed by atoms with Crippen molar-refractivity contribution < 1.29 is 23.9 Å². The van der Waals surface area contributed by atoms with Gasteiger partial charge in [0, 0.05) is 16.3 Å². The van der Waals surface area contributed by atoms with Crippen LogP contribution in [0.2, 0.25) is 5.02 Å². The molecule has 1 heterocycles. The Hall–Kier alpha value is -2.60. The van der Waals surface area contributed by atoms with Crippen molar-refractivity contribution in [2.75, 3.05) is 0 Å². The quantitative estimate of drug-likeness (QED) is 0.568. The van der Waals surface area contributed by atoms with Crippen LogP contribution < -0.4 is 4.74 Å². The van der Waals surface area contributed by atoms with Crippen molar-refractivity contribution in [1.82, 2.24) is 4.98 Å². The number of Topliss-reactive ketones (excluding diaryl/α,β-unsaturated/α-hetero) is 2. The Labute approximate surface area is 162 Å². The van der Waals surface area contributed by atoms with Crippen molar-refractivity contribution in [1.29, 1.82) is 0 Å². The van der Waals surface area contributed by atoms with Crippen molar-refractivity contribution in [2.45, 2.75) is 46.8 Å². The standard InChI is InChI=1S/C20H22ClNO5/c1-10-17(12(3)23)11(2)22-18(10)19(24)13(4)27-20(25)14(5)26-16-8-6-15(21)7-9-16/h6-9,13-14,22H,1-5H3/t13-,14-/m0/s1. The number of ketones is 2. The molecule has 0 saturated heterocycles. The molecule has 0 saturated carbocycles. The van der Waals surface area contributed by atoms with E-state index in [1.54, 1.807) is 38.1 Å². The molecule has 0 aliphatic heterocycles. The summed E-state index contributed by atoms with van der Waals surface area (Å²) in [7, 11) is 0. The minimum absolute atomic E-state index is 0.130. The highest BCUT2D eigenvalue weighted by Crippen LogP contribution is 2.21. The van der Waals surface area contributed by atoms with E-state index < -0.39 is 24.0 Å². The van der Waals surface area contributed by atoms with E-state index in [0.717, 1.165) is 0 Å². The van der Waals surface area contributed by atoms with Gasteiger partial charge in [0.15, 0.2) is 18.0 Å². The number of hydrogen-bond acceptors (Lipinski definition) is 5. The molecular formula is C20H22ClNO5. The summed E-state index contributed by atoms with van der Waals surface area (Å²) in [6.07, 6.45) is -1.92. The van der Waals surface area contributed by atoms with Crippen LogP contribution in [0.25, 0.3) is 0 Å². The number of nitrogens with one attached hydrogen (secondary N) is 1. The van der Waals surface area contributed by atoms with Crippen LogP contribution in [0.4, 0.5) is 0 Å². The maximum absolute atomic E-state index is 12.6. The Morgan fingerprint density at radius 2 is 1.63 bits per heavy atom. The molecule has 2 atom stereocenters. The first-order chi connectivity index (χ1) is 12.6. The fourth-order valence-electron chi connectivity index (χ4n) is 2.82. The van der Waals surface area contributed by atoms with Gasteiger partial charge in [-0.3, -0.25) is 9.59 Å². The molecular weight excluding hydrogens is 370 g/mol. The number of aromatic nitrogens is 1. The zero-order valence-corrected chi connectivity index (χ0v) is 16.6. The van der Waals surface area contributed by atoms with Crippen LogP contribution in [0, 0.1) is 13.8 Å². The number of aromatic amines is 1. The first-order valence-corrected chi connectivity index (χ1v) is 8.86. The Kier molecular flexibility index (Phi) is 6.44. The molecule has 1 aromatic heterocycles. The highest BCUT2D eigenvalue weighted by Gasteiger charge is 2.28. The summed E-state index contributed by atoms with van der Waals surface area (Å²) in [6.45, 7) is 7.87. The Morgan fingerprint density at radius 3 is 2.15 bits per heavy atom. The fourth-order valence-corrected chi connectivity index (χ4v) is 2.94. The number of hydrogen-bond donors (Lipinski definition) is 1. The Morgan fingerprint density at radius 1 is 1.04 bits per heavy atom. The normalized spacial score (nSPS) is 13.0. The number of esters is 1. The molecule has 0 unspecified atom stereocenters. The van der Waals surface area contributed by atoms with Crippen LogP contribution in [0.3, 0.4) is 0 Å². The molecule has 1 aromatic carbocycles. The summed E-state index contributed by atoms with van der Waals surface area (Å²) < 4.78 is 10.7. The molecule has 0 bridgehead atoms. The van der Waals surface area contributed by atoms with Gasteiger partial charge in [0.05, 0.1) is 5.69 Å². The van der Waals surface area contributed by atoms with Crippen LogP contribution in [0.5, 0.6) is 5.75 Å². The first kappa shape index (κ1) is 20.7. The molecule has 0 amide bonds. The lowest BCUT2D eigenvalue weighted by Crippen LogP contribution is -2.33. The molecule has 0 radical (unpaired) electrons. The topological polar surface area (TPSA) is 85.5 Å². The second-order valence-corrected chi connectivity index (χ2v) is 6.77. The van der Waals surface area contributed by atoms with Crippen LogP contribution in [0.15, 0.2) is 24.3 Å². The first-order valence-electron chi connectivity index (χ1n) is 8.48. The smallest absolute Gasteiger partial charge is 0.347 e. The SMILES string of the molecule is CC(=O)c1c(C)[nH]c(C(=O)[C@H](C)OC(=O)[C@H](C)Oc2ccc(Cl)cc2)c1C. The van der Waals surface area contributed by atoms with E-state index in [1.165, 1.54) is 20.8 Å². The lowest BCUT2D eigenvalue weighted by atomic mass is 10.0. The van der Waals surface area contributed by atoms with Gasteiger partial charge in [0.1, 0.15) is 5.75 Å². The number of carbonyl (C=O) groups excluding carboxylic acids is 3. The van der Waals surface area contributed by atoms with Crippen molar-refractivity contribution in [3.05, 3.63) is 51.8 Å². The molecule has 2 aromatic rings. The zero-order valence-electron chi connectivity index (χ0n) is 15.9. The van der Waals surface area contributed by atoms with Gasteiger partial charge < -0.3 is 14.5 Å². The van der Waals surface area contributed by atoms with Crippen molar-refractivity contribution >= 4 is 29.1 Å². The molecule has 2 rings (SSSR count). The second-order valence-electron chi connectivity index (χ2n) is 6.34. The lowest BCUT2D eigenvalue weighted by molar-refractivity contribution is -0.153. The minimum atomic E-state index is -1.02. The van der Waals surface area contributed by atoms with E-state index in [4.69, 9.17) is 21.1 Å². The van der Waals surface area contributed by atoms with Gasteiger partial charge in [0.25, 0.3) is 0 Å². The van der Waals surface area contributed by atoms with E-state index in [-0.39, 0.29) is 11.5 Å². The Balaban J connectivity index is 2.05. The molecule has 144 valence electrons. The molecule has 0 aliphatic rings. The van der Waals surface area contributed by atoms with Gasteiger partial charge in [-0.1, -0.05) is 11.6 Å². The summed E-state index contributed by atoms with van der Waals surface area (Å²) >= 11 is 5.81. The number of H-pyrrole nitrogens is 1. The van der Waals surface area contributed by atoms with E-state index in [1.807, 2.05) is 0 Å². The maximum atomic E-state index is 12.6. The minimum Gasteiger partial charge on any atom is -0.479 e. The highest BCUT2D eigenvalue weighted by molar-refractivity contribution is 6.30. The fraction of sp³-hybridized carbons (Fsp3) is 0.350. The summed E-state index contributed by atoms with van der Waals surface area (Å²) in [5, 5.41) is 0.554. The van der Waals surface area contributed by atoms with Gasteiger partial charge in [-0.15, -0.1) is 0 Å². The summed E-state index contributed by atoms with van der Waals surface area (Å²) in [5.74, 6) is -0.742. The van der Waals surface area contributed by atoms with Crippen LogP contribution in [0.1, 0.15) is 52.9 Å². The zero-order chi connectivity index (χ0) is 20.3. The van der Waals surface area contributed by atoms with E-state index >= 15 is 0 Å². The van der Waals surface area contributed by atoms with Gasteiger partial charge in [-0.25, -0.2) is 4.79 Å². The molecule has 6 nitrogen and oxygen atoms in total. The van der Waals surface area contributed by atoms with Gasteiger partial charge >= 0.3 is 5.97 Å². The summed E-state index contributed by atoms with van der Waals surface area (Å²) in [5.41, 5.74) is 1.92. The van der Waals surface area contributed by atoms with E-state index in [9.17, 15) is 14.4 Å². The molecule has 1 N–H and O–H groups in total. The number of halogens is 1. The third-order valence-corrected chi connectivity index (χ3v) is 4.41. The number of rotatable bonds is 7. The summed E-state index contributed by atoms with van der Waals surface area (Å²) in [4.78, 5) is 39.5. The molecule has 0 fully saturated rings. The second kappa shape index (κ2) is 8.39. The van der Waals surface area contributed by atoms with Gasteiger partial charge in [-0.2, -0.15) is 0 Å². The molecule has 27 heavy (non-hydrogen) atoms. The average Bonchev–Trinajstić information content (AvgIpc) is 2.90. The van der Waals surface area contributed by atoms with E-state index in [2.05, 4.69) is 4.98 Å². The lowest BCUT2D eigenvalue weighted by Gasteiger charge is -2.17. The van der Waals surface area contributed by atoms with E-state index in [0.29, 0.717) is 27.6 Å². The van der Waals surface area contributed by atoms with Crippen LogP contribution >= 0.6 is 11.6 Å². The number of carbonyl (C=O) groups is 3. The highest BCUT2D eigenvalue weighted by atomic mass is 35.5. The largest absolute Gasteiger partial charge is 0.479 e. The molecule has 0 spiro atoms. The number of benzene rings is 1. The van der Waals surface area contributed by atoms with Crippen LogP contribution in [-0.4, -0.2) is 34.7 Å². The predicted octanol–water partition coefficient (Wildman–Crippen LogP) is 4.07. The van der Waals surface area contributed by atoms with Crippen molar-refractivity contribution in [3.8, 4) is 5.75 Å². The number of aryl methyl sites for hydroxylation is 1. The average molecular weight is 392 g/mol. The monoisotopic (exact) mass is 391 g/mol. The van der Waals surface area contributed by atoms with Crippen molar-refractivity contribution in [3.63, 3.8) is 0 Å². The van der Waals surface area contributed by atoms with Gasteiger partial charge in [0.2, 0.25) is 5.78 Å². The predicted molar refractivity (Wildman–Crippen MR) is 102 cm³/mol.